The second kappa shape index (κ2) is 38.2. The number of epoxide rings is 1. The largest absolute Gasteiger partial charge is 0.472 e. The number of likely N-dealkylation sites (N-methyl/N-ethyl adjacent to an activating group) is 1. The number of rotatable bonds is 42. The van der Waals surface area contributed by atoms with Gasteiger partial charge in [0.25, 0.3) is 0 Å². The van der Waals surface area contributed by atoms with Gasteiger partial charge < -0.3 is 23.6 Å². The van der Waals surface area contributed by atoms with Gasteiger partial charge in [-0.1, -0.05) is 145 Å². The van der Waals surface area contributed by atoms with E-state index < -0.39 is 32.5 Å². The highest BCUT2D eigenvalue weighted by molar-refractivity contribution is 7.47. The summed E-state index contributed by atoms with van der Waals surface area (Å²) in [7, 11) is 1.43. The highest BCUT2D eigenvalue weighted by Gasteiger charge is 2.36. The molecule has 0 aliphatic carbocycles. The molecule has 1 saturated heterocycles. The van der Waals surface area contributed by atoms with E-state index in [0.717, 1.165) is 57.8 Å². The van der Waals surface area contributed by atoms with Crippen molar-refractivity contribution in [2.24, 2.45) is 0 Å². The number of ether oxygens (including phenoxy) is 3. The zero-order valence-corrected chi connectivity index (χ0v) is 40.2. The Balaban J connectivity index is 2.29. The molecule has 0 aromatic rings. The molecule has 1 N–H and O–H groups in total. The lowest BCUT2D eigenvalue weighted by Gasteiger charge is -2.24. The van der Waals surface area contributed by atoms with E-state index in [2.05, 4.69) is 74.6 Å². The number of carbonyl (C=O) groups is 2. The van der Waals surface area contributed by atoms with Crippen molar-refractivity contribution in [1.82, 2.24) is 0 Å². The molecule has 0 bridgehead atoms. The molecule has 0 spiro atoms. The molecule has 0 radical (unpaired) electrons. The SMILES string of the molecule is CCCCC/C=C\C/C=C\CCCCCCCCCCCC(=O)O[C@H](COC(=O)CCC/C=C\CC1OC1C/C=C\C/C=C\CCCCC)COP(=O)(O)OCC[N+](C)(C)C. The number of unbranched alkanes of at least 4 members (excludes halogenated alkanes) is 16. The first kappa shape index (κ1) is 56.7. The lowest BCUT2D eigenvalue weighted by atomic mass is 10.1. The molecule has 1 aliphatic heterocycles. The average molecular weight is 879 g/mol. The molecule has 4 atom stereocenters. The molecule has 1 rings (SSSR count). The van der Waals surface area contributed by atoms with E-state index in [4.69, 9.17) is 23.3 Å². The van der Waals surface area contributed by atoms with Gasteiger partial charge in [-0.05, 0) is 83.5 Å². The van der Waals surface area contributed by atoms with Crippen LogP contribution >= 0.6 is 7.82 Å². The van der Waals surface area contributed by atoms with E-state index in [1.807, 2.05) is 21.1 Å². The van der Waals surface area contributed by atoms with E-state index in [1.165, 1.54) is 83.5 Å². The minimum atomic E-state index is -4.40. The number of allylic oxidation sites excluding steroid dienone is 8. The summed E-state index contributed by atoms with van der Waals surface area (Å²) >= 11 is 0. The maximum atomic E-state index is 12.7. The lowest BCUT2D eigenvalue weighted by molar-refractivity contribution is -0.870. The molecular formula is C50H89NO9P+. The Morgan fingerprint density at radius 1 is 0.590 bits per heavy atom. The second-order valence-electron chi connectivity index (χ2n) is 17.5. The summed E-state index contributed by atoms with van der Waals surface area (Å²) in [6.07, 6.45) is 48.6. The van der Waals surface area contributed by atoms with Crippen LogP contribution in [0, 0.1) is 0 Å². The maximum Gasteiger partial charge on any atom is 0.472 e. The first-order valence-corrected chi connectivity index (χ1v) is 25.6. The first-order chi connectivity index (χ1) is 29.5. The monoisotopic (exact) mass is 879 g/mol. The summed E-state index contributed by atoms with van der Waals surface area (Å²) in [4.78, 5) is 35.5. The number of carbonyl (C=O) groups excluding carboxylic acids is 2. The number of nitrogens with zero attached hydrogens (tertiary/aromatic N) is 1. The third kappa shape index (κ3) is 39.0. The summed E-state index contributed by atoms with van der Waals surface area (Å²) in [6.45, 7) is 4.28. The Hall–Kier alpha value is -2.33. The van der Waals surface area contributed by atoms with Crippen molar-refractivity contribution in [3.05, 3.63) is 60.8 Å². The van der Waals surface area contributed by atoms with Gasteiger partial charge in [0.1, 0.15) is 19.8 Å². The second-order valence-corrected chi connectivity index (χ2v) is 19.0. The highest BCUT2D eigenvalue weighted by atomic mass is 31.2. The number of quaternary nitrogens is 1. The van der Waals surface area contributed by atoms with Gasteiger partial charge in [0.2, 0.25) is 0 Å². The predicted molar refractivity (Wildman–Crippen MR) is 251 cm³/mol. The number of hydrogen-bond donors (Lipinski definition) is 1. The molecule has 0 saturated carbocycles. The Bertz CT molecular complexity index is 1290. The molecule has 1 heterocycles. The van der Waals surface area contributed by atoms with Crippen LogP contribution in [-0.2, 0) is 37.4 Å². The molecule has 1 aliphatic rings. The normalized spacial score (nSPS) is 17.3. The van der Waals surface area contributed by atoms with Crippen LogP contribution in [0.25, 0.3) is 0 Å². The molecule has 352 valence electrons. The van der Waals surface area contributed by atoms with Gasteiger partial charge in [0, 0.05) is 12.8 Å². The predicted octanol–water partition coefficient (Wildman–Crippen LogP) is 13.0. The summed E-state index contributed by atoms with van der Waals surface area (Å²) in [5.74, 6) is -0.879. The van der Waals surface area contributed by atoms with Crippen molar-refractivity contribution in [2.45, 2.75) is 199 Å². The first-order valence-electron chi connectivity index (χ1n) is 24.1. The van der Waals surface area contributed by atoms with Gasteiger partial charge >= 0.3 is 19.8 Å². The van der Waals surface area contributed by atoms with E-state index >= 15 is 0 Å². The van der Waals surface area contributed by atoms with Gasteiger partial charge in [-0.25, -0.2) is 4.57 Å². The van der Waals surface area contributed by atoms with Crippen molar-refractivity contribution < 1.29 is 46.8 Å². The summed E-state index contributed by atoms with van der Waals surface area (Å²) in [5.41, 5.74) is 0. The summed E-state index contributed by atoms with van der Waals surface area (Å²) in [5, 5.41) is 0. The van der Waals surface area contributed by atoms with Gasteiger partial charge in [0.05, 0.1) is 40.0 Å². The zero-order valence-electron chi connectivity index (χ0n) is 39.3. The third-order valence-corrected chi connectivity index (χ3v) is 11.4. The minimum absolute atomic E-state index is 0.0172. The van der Waals surface area contributed by atoms with Gasteiger partial charge in [-0.2, -0.15) is 0 Å². The van der Waals surface area contributed by atoms with Gasteiger partial charge in [-0.3, -0.25) is 18.6 Å². The van der Waals surface area contributed by atoms with Crippen LogP contribution < -0.4 is 0 Å². The Morgan fingerprint density at radius 2 is 1.05 bits per heavy atom. The number of esters is 2. The number of phosphoric acid groups is 1. The van der Waals surface area contributed by atoms with Crippen LogP contribution in [0.5, 0.6) is 0 Å². The molecule has 0 aromatic carbocycles. The zero-order chi connectivity index (χ0) is 44.7. The van der Waals surface area contributed by atoms with E-state index in [-0.39, 0.29) is 38.3 Å². The van der Waals surface area contributed by atoms with Crippen molar-refractivity contribution in [2.75, 3.05) is 47.5 Å². The maximum absolute atomic E-state index is 12.7. The van der Waals surface area contributed by atoms with Crippen molar-refractivity contribution in [1.29, 1.82) is 0 Å². The smallest absolute Gasteiger partial charge is 0.462 e. The van der Waals surface area contributed by atoms with Gasteiger partial charge in [-0.15, -0.1) is 0 Å². The molecule has 10 nitrogen and oxygen atoms in total. The fraction of sp³-hybridized carbons (Fsp3) is 0.760. The standard InChI is InChI=1S/C50H88NO9P/c1-6-8-10-12-14-16-17-18-19-20-21-22-23-24-25-27-29-31-37-41-50(53)59-46(45-58-61(54,55)57-43-42-51(3,4)5)44-56-49(52)40-36-33-32-35-39-48-47(60-48)38-34-30-28-26-15-13-11-9-7-2/h14-16,18-19,26,30,32,34-35,46-48H,6-13,17,20-25,27-29,31,33,36-45H2,1-5H3/p+1/b16-14-,19-18-,26-15-,34-30-,35-32-/t46-,47?,48?/m1/s1. The van der Waals surface area contributed by atoms with Gasteiger partial charge in [0.15, 0.2) is 6.10 Å². The Morgan fingerprint density at radius 3 is 1.61 bits per heavy atom. The van der Waals surface area contributed by atoms with Crippen LogP contribution in [-0.4, -0.2) is 87.1 Å². The lowest BCUT2D eigenvalue weighted by Crippen LogP contribution is -2.37. The van der Waals surface area contributed by atoms with Crippen LogP contribution in [0.3, 0.4) is 0 Å². The highest BCUT2D eigenvalue weighted by Crippen LogP contribution is 2.43. The molecule has 0 amide bonds. The van der Waals surface area contributed by atoms with E-state index in [1.54, 1.807) is 0 Å². The van der Waals surface area contributed by atoms with Crippen LogP contribution in [0.15, 0.2) is 60.8 Å². The minimum Gasteiger partial charge on any atom is -0.462 e. The Labute approximate surface area is 372 Å². The average Bonchev–Trinajstić information content (AvgIpc) is 3.97. The molecule has 1 fully saturated rings. The summed E-state index contributed by atoms with van der Waals surface area (Å²) in [6, 6.07) is 0. The van der Waals surface area contributed by atoms with Crippen LogP contribution in [0.1, 0.15) is 181 Å². The van der Waals surface area contributed by atoms with E-state index in [9.17, 15) is 19.0 Å². The molecule has 3 unspecified atom stereocenters. The number of hydrogen-bond acceptors (Lipinski definition) is 8. The molecular weight excluding hydrogens is 790 g/mol. The Kier molecular flexibility index (Phi) is 35.5. The van der Waals surface area contributed by atoms with Crippen molar-refractivity contribution in [3.63, 3.8) is 0 Å². The van der Waals surface area contributed by atoms with E-state index in [0.29, 0.717) is 23.9 Å². The summed E-state index contributed by atoms with van der Waals surface area (Å²) < 4.78 is 40.1. The fourth-order valence-electron chi connectivity index (χ4n) is 6.49. The third-order valence-electron chi connectivity index (χ3n) is 10.4. The molecule has 11 heteroatoms. The van der Waals surface area contributed by atoms with Crippen LogP contribution in [0.4, 0.5) is 0 Å². The molecule has 0 aromatic heterocycles. The quantitative estimate of drug-likeness (QED) is 0.0159. The number of phosphoric ester groups is 1. The topological polar surface area (TPSA) is 121 Å². The molecule has 61 heavy (non-hydrogen) atoms. The van der Waals surface area contributed by atoms with Crippen LogP contribution in [0.2, 0.25) is 0 Å². The van der Waals surface area contributed by atoms with Crippen molar-refractivity contribution >= 4 is 19.8 Å². The van der Waals surface area contributed by atoms with Crippen molar-refractivity contribution in [3.8, 4) is 0 Å². The fourth-order valence-corrected chi connectivity index (χ4v) is 7.23.